The SMILES string of the molecule is CCOc1ccc(-c2nnc(SCC(=O)Nc3c(Cl)cccc3Cl)n2C)cc1. The van der Waals surface area contributed by atoms with Crippen LogP contribution in [0, 0.1) is 0 Å². The van der Waals surface area contributed by atoms with E-state index in [2.05, 4.69) is 15.5 Å². The van der Waals surface area contributed by atoms with Crippen LogP contribution in [0.5, 0.6) is 5.75 Å². The molecular weight excluding hydrogens is 419 g/mol. The molecule has 0 unspecified atom stereocenters. The first kappa shape index (κ1) is 20.5. The standard InChI is InChI=1S/C19H18Cl2N4O2S/c1-3-27-13-9-7-12(8-10-13)18-23-24-19(25(18)2)28-11-16(26)22-17-14(20)5-4-6-15(17)21/h4-10H,3,11H2,1-2H3,(H,22,26). The second-order valence-corrected chi connectivity index (χ2v) is 7.51. The maximum Gasteiger partial charge on any atom is 0.234 e. The van der Waals surface area contributed by atoms with Gasteiger partial charge in [0.2, 0.25) is 5.91 Å². The molecule has 9 heteroatoms. The predicted molar refractivity (Wildman–Crippen MR) is 113 cm³/mol. The molecule has 0 spiro atoms. The maximum atomic E-state index is 12.3. The molecule has 1 aromatic heterocycles. The third-order valence-electron chi connectivity index (χ3n) is 3.82. The number of halogens is 2. The molecule has 146 valence electrons. The zero-order valence-corrected chi connectivity index (χ0v) is 17.6. The average Bonchev–Trinajstić information content (AvgIpc) is 3.05. The fourth-order valence-corrected chi connectivity index (χ4v) is 3.68. The van der Waals surface area contributed by atoms with E-state index < -0.39 is 0 Å². The van der Waals surface area contributed by atoms with Gasteiger partial charge in [0, 0.05) is 12.6 Å². The molecule has 1 heterocycles. The van der Waals surface area contributed by atoms with Crippen molar-refractivity contribution >= 4 is 46.6 Å². The Hall–Kier alpha value is -2.22. The number of ether oxygens (including phenoxy) is 1. The van der Waals surface area contributed by atoms with Crippen LogP contribution in [0.15, 0.2) is 47.6 Å². The number of nitrogens with one attached hydrogen (secondary N) is 1. The molecule has 0 radical (unpaired) electrons. The summed E-state index contributed by atoms with van der Waals surface area (Å²) in [7, 11) is 1.86. The van der Waals surface area contributed by atoms with E-state index in [1.807, 2.05) is 42.8 Å². The maximum absolute atomic E-state index is 12.3. The summed E-state index contributed by atoms with van der Waals surface area (Å²) in [5.74, 6) is 1.43. The monoisotopic (exact) mass is 436 g/mol. The van der Waals surface area contributed by atoms with Gasteiger partial charge < -0.3 is 14.6 Å². The zero-order chi connectivity index (χ0) is 20.1. The van der Waals surface area contributed by atoms with Crippen LogP contribution in [0.2, 0.25) is 10.0 Å². The van der Waals surface area contributed by atoms with Crippen molar-refractivity contribution in [2.24, 2.45) is 7.05 Å². The highest BCUT2D eigenvalue weighted by molar-refractivity contribution is 7.99. The largest absolute Gasteiger partial charge is 0.494 e. The van der Waals surface area contributed by atoms with Gasteiger partial charge in [-0.05, 0) is 43.3 Å². The zero-order valence-electron chi connectivity index (χ0n) is 15.3. The van der Waals surface area contributed by atoms with Gasteiger partial charge in [0.05, 0.1) is 28.1 Å². The summed E-state index contributed by atoms with van der Waals surface area (Å²) in [5, 5.41) is 12.5. The van der Waals surface area contributed by atoms with Gasteiger partial charge >= 0.3 is 0 Å². The Bertz CT molecular complexity index is 956. The lowest BCUT2D eigenvalue weighted by Crippen LogP contribution is -2.15. The first-order chi connectivity index (χ1) is 13.5. The van der Waals surface area contributed by atoms with Crippen LogP contribution < -0.4 is 10.1 Å². The van der Waals surface area contributed by atoms with Crippen LogP contribution in [0.4, 0.5) is 5.69 Å². The molecule has 1 N–H and O–H groups in total. The molecule has 0 aliphatic carbocycles. The topological polar surface area (TPSA) is 69.0 Å². The van der Waals surface area contributed by atoms with E-state index in [1.54, 1.807) is 18.2 Å². The Kier molecular flexibility index (Phi) is 6.83. The number of para-hydroxylation sites is 1. The normalized spacial score (nSPS) is 10.7. The van der Waals surface area contributed by atoms with E-state index in [-0.39, 0.29) is 11.7 Å². The molecule has 0 fully saturated rings. The number of rotatable bonds is 7. The lowest BCUT2D eigenvalue weighted by molar-refractivity contribution is -0.113. The molecular formula is C19H18Cl2N4O2S. The lowest BCUT2D eigenvalue weighted by atomic mass is 10.2. The van der Waals surface area contributed by atoms with Crippen molar-refractivity contribution < 1.29 is 9.53 Å². The summed E-state index contributed by atoms with van der Waals surface area (Å²) < 4.78 is 7.30. The van der Waals surface area contributed by atoms with Crippen molar-refractivity contribution in [1.29, 1.82) is 0 Å². The molecule has 2 aromatic carbocycles. The summed E-state index contributed by atoms with van der Waals surface area (Å²) in [4.78, 5) is 12.3. The number of thioether (sulfide) groups is 1. The molecule has 0 aliphatic heterocycles. The highest BCUT2D eigenvalue weighted by atomic mass is 35.5. The lowest BCUT2D eigenvalue weighted by Gasteiger charge is -2.09. The molecule has 0 aliphatic rings. The van der Waals surface area contributed by atoms with Gasteiger partial charge in [-0.3, -0.25) is 4.79 Å². The molecule has 0 bridgehead atoms. The van der Waals surface area contributed by atoms with E-state index in [1.165, 1.54) is 11.8 Å². The molecule has 1 amide bonds. The van der Waals surface area contributed by atoms with Crippen LogP contribution >= 0.6 is 35.0 Å². The first-order valence-corrected chi connectivity index (χ1v) is 10.2. The molecule has 3 aromatic rings. The molecule has 3 rings (SSSR count). The number of aromatic nitrogens is 3. The van der Waals surface area contributed by atoms with E-state index >= 15 is 0 Å². The van der Waals surface area contributed by atoms with Gasteiger partial charge in [-0.15, -0.1) is 10.2 Å². The first-order valence-electron chi connectivity index (χ1n) is 8.49. The van der Waals surface area contributed by atoms with Crippen LogP contribution in [0.3, 0.4) is 0 Å². The van der Waals surface area contributed by atoms with E-state index in [9.17, 15) is 4.79 Å². The minimum atomic E-state index is -0.231. The molecule has 0 atom stereocenters. The second kappa shape index (κ2) is 9.32. The van der Waals surface area contributed by atoms with Gasteiger partial charge in [0.25, 0.3) is 0 Å². The fraction of sp³-hybridized carbons (Fsp3) is 0.211. The van der Waals surface area contributed by atoms with Crippen LogP contribution in [0.25, 0.3) is 11.4 Å². The number of hydrogen-bond acceptors (Lipinski definition) is 5. The third kappa shape index (κ3) is 4.79. The molecule has 28 heavy (non-hydrogen) atoms. The molecule has 0 saturated heterocycles. The van der Waals surface area contributed by atoms with Gasteiger partial charge in [-0.1, -0.05) is 41.0 Å². The fourth-order valence-electron chi connectivity index (χ4n) is 2.48. The van der Waals surface area contributed by atoms with Crippen LogP contribution in [-0.4, -0.2) is 33.0 Å². The Labute approximate surface area is 177 Å². The van der Waals surface area contributed by atoms with Gasteiger partial charge in [0.1, 0.15) is 5.75 Å². The quantitative estimate of drug-likeness (QED) is 0.532. The van der Waals surface area contributed by atoms with Gasteiger partial charge in [-0.2, -0.15) is 0 Å². The van der Waals surface area contributed by atoms with Gasteiger partial charge in [-0.25, -0.2) is 0 Å². The van der Waals surface area contributed by atoms with Crippen molar-refractivity contribution in [2.75, 3.05) is 17.7 Å². The van der Waals surface area contributed by atoms with E-state index in [0.717, 1.165) is 11.3 Å². The molecule has 6 nitrogen and oxygen atoms in total. The minimum Gasteiger partial charge on any atom is -0.494 e. The Balaban J connectivity index is 1.65. The highest BCUT2D eigenvalue weighted by Crippen LogP contribution is 2.30. The van der Waals surface area contributed by atoms with Crippen molar-refractivity contribution in [3.8, 4) is 17.1 Å². The highest BCUT2D eigenvalue weighted by Gasteiger charge is 2.14. The number of carbonyl (C=O) groups is 1. The molecule has 0 saturated carbocycles. The second-order valence-electron chi connectivity index (χ2n) is 5.76. The van der Waals surface area contributed by atoms with Crippen LogP contribution in [-0.2, 0) is 11.8 Å². The van der Waals surface area contributed by atoms with E-state index in [4.69, 9.17) is 27.9 Å². The number of nitrogens with zero attached hydrogens (tertiary/aromatic N) is 3. The number of amides is 1. The van der Waals surface area contributed by atoms with Crippen molar-refractivity contribution in [2.45, 2.75) is 12.1 Å². The third-order valence-corrected chi connectivity index (χ3v) is 5.47. The van der Waals surface area contributed by atoms with Crippen molar-refractivity contribution in [3.05, 3.63) is 52.5 Å². The van der Waals surface area contributed by atoms with Crippen LogP contribution in [0.1, 0.15) is 6.92 Å². The average molecular weight is 437 g/mol. The number of carbonyl (C=O) groups excluding carboxylic acids is 1. The summed E-state index contributed by atoms with van der Waals surface area (Å²) in [6, 6.07) is 12.7. The van der Waals surface area contributed by atoms with Crippen molar-refractivity contribution in [1.82, 2.24) is 14.8 Å². The summed E-state index contributed by atoms with van der Waals surface area (Å²) in [5.41, 5.74) is 1.32. The summed E-state index contributed by atoms with van der Waals surface area (Å²) >= 11 is 13.4. The Morgan fingerprint density at radius 3 is 2.46 bits per heavy atom. The van der Waals surface area contributed by atoms with Gasteiger partial charge in [0.15, 0.2) is 11.0 Å². The summed E-state index contributed by atoms with van der Waals surface area (Å²) in [6.45, 7) is 2.56. The minimum absolute atomic E-state index is 0.150. The Morgan fingerprint density at radius 1 is 1.14 bits per heavy atom. The number of anilines is 1. The smallest absolute Gasteiger partial charge is 0.234 e. The summed E-state index contributed by atoms with van der Waals surface area (Å²) in [6.07, 6.45) is 0. The Morgan fingerprint density at radius 2 is 1.82 bits per heavy atom. The van der Waals surface area contributed by atoms with Crippen molar-refractivity contribution in [3.63, 3.8) is 0 Å². The number of hydrogen-bond donors (Lipinski definition) is 1. The van der Waals surface area contributed by atoms with E-state index in [0.29, 0.717) is 33.3 Å². The predicted octanol–water partition coefficient (Wildman–Crippen LogP) is 4.92. The number of benzene rings is 2.